The van der Waals surface area contributed by atoms with E-state index in [9.17, 15) is 0 Å². The zero-order chi connectivity index (χ0) is 9.52. The van der Waals surface area contributed by atoms with Crippen LogP contribution < -0.4 is 5.32 Å². The molecule has 13 heavy (non-hydrogen) atoms. The fourth-order valence-corrected chi connectivity index (χ4v) is 1.38. The fourth-order valence-electron chi connectivity index (χ4n) is 1.03. The highest BCUT2D eigenvalue weighted by atomic mass is 32.2. The third kappa shape index (κ3) is 4.33. The van der Waals surface area contributed by atoms with Gasteiger partial charge in [-0.25, -0.2) is 4.98 Å². The van der Waals surface area contributed by atoms with Crippen molar-refractivity contribution in [3.8, 4) is 0 Å². The monoisotopic (exact) mass is 199 g/mol. The molecule has 0 fully saturated rings. The second-order valence-electron chi connectivity index (χ2n) is 3.09. The molecular weight excluding hydrogens is 182 g/mol. The maximum atomic E-state index is 3.95. The standard InChI is InChI=1S/C9H17N3S/c1-8(13-2)3-4-10-5-9-6-11-7-12-9/h6-8,10H,3-5H2,1-2H3,(H,11,12). The third-order valence-electron chi connectivity index (χ3n) is 2.00. The van der Waals surface area contributed by atoms with E-state index in [1.807, 2.05) is 18.0 Å². The van der Waals surface area contributed by atoms with Crippen molar-refractivity contribution in [2.75, 3.05) is 12.8 Å². The summed E-state index contributed by atoms with van der Waals surface area (Å²) in [5.74, 6) is 0. The Morgan fingerprint density at radius 2 is 2.54 bits per heavy atom. The Hall–Kier alpha value is -0.480. The number of aromatic nitrogens is 2. The Bertz CT molecular complexity index is 211. The van der Waals surface area contributed by atoms with Gasteiger partial charge in [-0.1, -0.05) is 6.92 Å². The van der Waals surface area contributed by atoms with E-state index in [0.29, 0.717) is 0 Å². The van der Waals surface area contributed by atoms with Crippen LogP contribution in [-0.4, -0.2) is 28.0 Å². The molecule has 0 amide bonds. The zero-order valence-corrected chi connectivity index (χ0v) is 9.03. The molecule has 0 saturated heterocycles. The number of rotatable bonds is 6. The van der Waals surface area contributed by atoms with Crippen molar-refractivity contribution >= 4 is 11.8 Å². The molecule has 1 rings (SSSR count). The minimum atomic E-state index is 0.745. The molecule has 1 aromatic heterocycles. The zero-order valence-electron chi connectivity index (χ0n) is 8.21. The summed E-state index contributed by atoms with van der Waals surface area (Å²) in [7, 11) is 0. The molecule has 0 radical (unpaired) electrons. The first-order valence-corrected chi connectivity index (χ1v) is 5.82. The van der Waals surface area contributed by atoms with E-state index in [4.69, 9.17) is 0 Å². The van der Waals surface area contributed by atoms with Gasteiger partial charge in [-0.05, 0) is 19.2 Å². The maximum Gasteiger partial charge on any atom is 0.0922 e. The molecule has 0 bridgehead atoms. The summed E-state index contributed by atoms with van der Waals surface area (Å²) in [6.07, 6.45) is 6.93. The van der Waals surface area contributed by atoms with Gasteiger partial charge in [-0.2, -0.15) is 11.8 Å². The molecule has 0 aliphatic heterocycles. The SMILES string of the molecule is CSC(C)CCNCc1cnc[nH]1. The quantitative estimate of drug-likeness (QED) is 0.684. The lowest BCUT2D eigenvalue weighted by Crippen LogP contribution is -2.17. The number of nitrogens with zero attached hydrogens (tertiary/aromatic N) is 1. The van der Waals surface area contributed by atoms with Crippen LogP contribution in [-0.2, 0) is 6.54 Å². The first-order chi connectivity index (χ1) is 6.33. The van der Waals surface area contributed by atoms with E-state index in [2.05, 4.69) is 28.5 Å². The van der Waals surface area contributed by atoms with Crippen molar-refractivity contribution in [3.63, 3.8) is 0 Å². The van der Waals surface area contributed by atoms with Gasteiger partial charge in [-0.15, -0.1) is 0 Å². The van der Waals surface area contributed by atoms with Gasteiger partial charge in [0.15, 0.2) is 0 Å². The van der Waals surface area contributed by atoms with Crippen molar-refractivity contribution in [2.24, 2.45) is 0 Å². The van der Waals surface area contributed by atoms with E-state index in [0.717, 1.165) is 24.0 Å². The first-order valence-electron chi connectivity index (χ1n) is 4.53. The smallest absolute Gasteiger partial charge is 0.0922 e. The van der Waals surface area contributed by atoms with E-state index in [-0.39, 0.29) is 0 Å². The molecule has 1 atom stereocenters. The fraction of sp³-hybridized carbons (Fsp3) is 0.667. The van der Waals surface area contributed by atoms with Crippen LogP contribution in [0.5, 0.6) is 0 Å². The summed E-state index contributed by atoms with van der Waals surface area (Å²) < 4.78 is 0. The second-order valence-corrected chi connectivity index (χ2v) is 4.36. The Labute approximate surface area is 83.7 Å². The van der Waals surface area contributed by atoms with Crippen molar-refractivity contribution in [3.05, 3.63) is 18.2 Å². The molecule has 2 N–H and O–H groups in total. The molecule has 1 aromatic rings. The second kappa shape index (κ2) is 6.05. The largest absolute Gasteiger partial charge is 0.347 e. The van der Waals surface area contributed by atoms with Crippen LogP contribution in [0.15, 0.2) is 12.5 Å². The number of H-pyrrole nitrogens is 1. The van der Waals surface area contributed by atoms with Gasteiger partial charge in [0.25, 0.3) is 0 Å². The Morgan fingerprint density at radius 3 is 3.15 bits per heavy atom. The van der Waals surface area contributed by atoms with Crippen LogP contribution in [0.1, 0.15) is 19.0 Å². The van der Waals surface area contributed by atoms with Crippen LogP contribution in [0.4, 0.5) is 0 Å². The Morgan fingerprint density at radius 1 is 1.69 bits per heavy atom. The van der Waals surface area contributed by atoms with E-state index >= 15 is 0 Å². The normalized spacial score (nSPS) is 13.1. The minimum Gasteiger partial charge on any atom is -0.347 e. The molecule has 3 nitrogen and oxygen atoms in total. The number of imidazole rings is 1. The molecule has 0 aliphatic rings. The number of hydrogen-bond donors (Lipinski definition) is 2. The molecule has 0 aliphatic carbocycles. The summed E-state index contributed by atoms with van der Waals surface area (Å²) in [6, 6.07) is 0. The van der Waals surface area contributed by atoms with Crippen LogP contribution in [0.25, 0.3) is 0 Å². The minimum absolute atomic E-state index is 0.745. The summed E-state index contributed by atoms with van der Waals surface area (Å²) in [5.41, 5.74) is 1.15. The molecule has 4 heteroatoms. The first kappa shape index (κ1) is 10.6. The predicted molar refractivity (Wildman–Crippen MR) is 57.9 cm³/mol. The van der Waals surface area contributed by atoms with Crippen LogP contribution >= 0.6 is 11.8 Å². The molecule has 0 saturated carbocycles. The molecule has 0 aromatic carbocycles. The number of aromatic amines is 1. The third-order valence-corrected chi connectivity index (χ3v) is 3.04. The topological polar surface area (TPSA) is 40.7 Å². The van der Waals surface area contributed by atoms with Crippen molar-refractivity contribution < 1.29 is 0 Å². The van der Waals surface area contributed by atoms with Gasteiger partial charge in [0.2, 0.25) is 0 Å². The van der Waals surface area contributed by atoms with E-state index in [1.165, 1.54) is 6.42 Å². The Balaban J connectivity index is 2.02. The average Bonchev–Trinajstić information content (AvgIpc) is 2.64. The van der Waals surface area contributed by atoms with Gasteiger partial charge in [0, 0.05) is 23.7 Å². The van der Waals surface area contributed by atoms with Crippen molar-refractivity contribution in [2.45, 2.75) is 25.1 Å². The lowest BCUT2D eigenvalue weighted by atomic mass is 10.3. The number of hydrogen-bond acceptors (Lipinski definition) is 3. The van der Waals surface area contributed by atoms with Crippen LogP contribution in [0, 0.1) is 0 Å². The van der Waals surface area contributed by atoms with Crippen molar-refractivity contribution in [1.29, 1.82) is 0 Å². The van der Waals surface area contributed by atoms with Gasteiger partial charge in [0.05, 0.1) is 6.33 Å². The molecule has 1 unspecified atom stereocenters. The summed E-state index contributed by atoms with van der Waals surface area (Å²) in [6.45, 7) is 4.21. The molecule has 74 valence electrons. The lowest BCUT2D eigenvalue weighted by Gasteiger charge is -2.07. The highest BCUT2D eigenvalue weighted by molar-refractivity contribution is 7.99. The highest BCUT2D eigenvalue weighted by Gasteiger charge is 1.98. The molecular formula is C9H17N3S. The van der Waals surface area contributed by atoms with Gasteiger partial charge in [0.1, 0.15) is 0 Å². The van der Waals surface area contributed by atoms with E-state index in [1.54, 1.807) is 6.33 Å². The van der Waals surface area contributed by atoms with Crippen LogP contribution in [0.2, 0.25) is 0 Å². The van der Waals surface area contributed by atoms with Crippen molar-refractivity contribution in [1.82, 2.24) is 15.3 Å². The Kier molecular flexibility index (Phi) is 4.93. The van der Waals surface area contributed by atoms with Gasteiger partial charge < -0.3 is 10.3 Å². The van der Waals surface area contributed by atoms with Gasteiger partial charge in [-0.3, -0.25) is 0 Å². The number of nitrogens with one attached hydrogen (secondary N) is 2. The molecule has 1 heterocycles. The summed E-state index contributed by atoms with van der Waals surface area (Å²) in [5, 5.41) is 4.11. The highest BCUT2D eigenvalue weighted by Crippen LogP contribution is 2.07. The lowest BCUT2D eigenvalue weighted by molar-refractivity contribution is 0.641. The summed E-state index contributed by atoms with van der Waals surface area (Å²) >= 11 is 1.91. The maximum absolute atomic E-state index is 3.95. The molecule has 0 spiro atoms. The van der Waals surface area contributed by atoms with E-state index < -0.39 is 0 Å². The van der Waals surface area contributed by atoms with Gasteiger partial charge >= 0.3 is 0 Å². The van der Waals surface area contributed by atoms with Crippen LogP contribution in [0.3, 0.4) is 0 Å². The average molecular weight is 199 g/mol. The summed E-state index contributed by atoms with van der Waals surface area (Å²) in [4.78, 5) is 7.01. The number of thioether (sulfide) groups is 1. The predicted octanol–water partition coefficient (Wildman–Crippen LogP) is 1.64.